The van der Waals surface area contributed by atoms with Gasteiger partial charge in [0.05, 0.1) is 14.2 Å². The molecule has 0 atom stereocenters. The molecule has 0 saturated heterocycles. The second-order valence-corrected chi connectivity index (χ2v) is 2.95. The third-order valence-corrected chi connectivity index (χ3v) is 2.17. The molecule has 0 aromatic carbocycles. The highest BCUT2D eigenvalue weighted by Gasteiger charge is 2.45. The van der Waals surface area contributed by atoms with Gasteiger partial charge in [-0.3, -0.25) is 9.59 Å². The number of ether oxygens (including phenoxy) is 2. The maximum absolute atomic E-state index is 11.5. The lowest BCUT2D eigenvalue weighted by atomic mass is 9.81. The van der Waals surface area contributed by atoms with E-state index in [1.54, 1.807) is 18.2 Å². The second kappa shape index (κ2) is 4.09. The monoisotopic (exact) mass is 196 g/mol. The molecule has 0 aromatic heterocycles. The minimum Gasteiger partial charge on any atom is -0.468 e. The third kappa shape index (κ3) is 1.55. The van der Waals surface area contributed by atoms with Gasteiger partial charge in [-0.2, -0.15) is 0 Å². The number of methoxy groups -OCH3 is 2. The van der Waals surface area contributed by atoms with Gasteiger partial charge in [-0.25, -0.2) is 0 Å². The molecule has 0 bridgehead atoms. The first-order valence-corrected chi connectivity index (χ1v) is 4.18. The van der Waals surface area contributed by atoms with Crippen LogP contribution in [0.2, 0.25) is 0 Å². The largest absolute Gasteiger partial charge is 0.468 e. The van der Waals surface area contributed by atoms with E-state index in [-0.39, 0.29) is 6.42 Å². The van der Waals surface area contributed by atoms with E-state index in [1.807, 2.05) is 0 Å². The highest BCUT2D eigenvalue weighted by molar-refractivity contribution is 6.02. The van der Waals surface area contributed by atoms with Crippen LogP contribution in [-0.2, 0) is 19.1 Å². The van der Waals surface area contributed by atoms with Crippen molar-refractivity contribution in [2.24, 2.45) is 5.41 Å². The Hall–Kier alpha value is -1.58. The van der Waals surface area contributed by atoms with E-state index in [4.69, 9.17) is 0 Å². The van der Waals surface area contributed by atoms with Gasteiger partial charge in [-0.05, 0) is 6.42 Å². The van der Waals surface area contributed by atoms with Crippen molar-refractivity contribution in [3.63, 3.8) is 0 Å². The minimum absolute atomic E-state index is 0.281. The lowest BCUT2D eigenvalue weighted by molar-refractivity contribution is -0.164. The van der Waals surface area contributed by atoms with Crippen LogP contribution in [0, 0.1) is 5.41 Å². The van der Waals surface area contributed by atoms with Crippen LogP contribution in [0.4, 0.5) is 0 Å². The maximum Gasteiger partial charge on any atom is 0.327 e. The van der Waals surface area contributed by atoms with E-state index in [1.165, 1.54) is 20.3 Å². The molecule has 0 radical (unpaired) electrons. The molecular formula is C10H12O4. The minimum atomic E-state index is -1.29. The Bertz CT molecular complexity index is 285. The second-order valence-electron chi connectivity index (χ2n) is 2.95. The Balaban J connectivity index is 3.02. The number of carbonyl (C=O) groups excluding carboxylic acids is 2. The molecule has 0 spiro atoms. The summed E-state index contributed by atoms with van der Waals surface area (Å²) in [6, 6.07) is 0. The van der Waals surface area contributed by atoms with Crippen molar-refractivity contribution in [1.29, 1.82) is 0 Å². The lowest BCUT2D eigenvalue weighted by Crippen LogP contribution is -2.39. The van der Waals surface area contributed by atoms with Gasteiger partial charge < -0.3 is 9.47 Å². The van der Waals surface area contributed by atoms with Gasteiger partial charge >= 0.3 is 11.9 Å². The number of esters is 2. The summed E-state index contributed by atoms with van der Waals surface area (Å²) in [5.41, 5.74) is -1.29. The molecule has 14 heavy (non-hydrogen) atoms. The van der Waals surface area contributed by atoms with Crippen LogP contribution in [0.25, 0.3) is 0 Å². The first-order chi connectivity index (χ1) is 6.67. The van der Waals surface area contributed by atoms with Gasteiger partial charge in [0.2, 0.25) is 0 Å². The molecule has 0 N–H and O–H groups in total. The highest BCUT2D eigenvalue weighted by Crippen LogP contribution is 2.30. The van der Waals surface area contributed by atoms with Gasteiger partial charge in [-0.1, -0.05) is 24.3 Å². The van der Waals surface area contributed by atoms with Crippen molar-refractivity contribution in [2.75, 3.05) is 14.2 Å². The van der Waals surface area contributed by atoms with Gasteiger partial charge in [0.15, 0.2) is 5.41 Å². The third-order valence-electron chi connectivity index (χ3n) is 2.17. The summed E-state index contributed by atoms with van der Waals surface area (Å²) >= 11 is 0. The molecule has 0 saturated carbocycles. The fraction of sp³-hybridized carbons (Fsp3) is 0.400. The van der Waals surface area contributed by atoms with Crippen LogP contribution >= 0.6 is 0 Å². The topological polar surface area (TPSA) is 52.6 Å². The van der Waals surface area contributed by atoms with E-state index in [9.17, 15) is 9.59 Å². The molecule has 1 aliphatic carbocycles. The van der Waals surface area contributed by atoms with Crippen LogP contribution < -0.4 is 0 Å². The van der Waals surface area contributed by atoms with Gasteiger partial charge in [-0.15, -0.1) is 0 Å². The highest BCUT2D eigenvalue weighted by atomic mass is 16.5. The molecule has 0 aliphatic heterocycles. The van der Waals surface area contributed by atoms with Crippen molar-refractivity contribution >= 4 is 11.9 Å². The normalized spacial score (nSPS) is 17.6. The Morgan fingerprint density at radius 2 is 1.71 bits per heavy atom. The molecule has 0 aromatic rings. The summed E-state index contributed by atoms with van der Waals surface area (Å²) < 4.78 is 9.18. The Morgan fingerprint density at radius 1 is 1.14 bits per heavy atom. The smallest absolute Gasteiger partial charge is 0.327 e. The molecule has 4 nitrogen and oxygen atoms in total. The van der Waals surface area contributed by atoms with E-state index in [0.29, 0.717) is 0 Å². The Labute approximate surface area is 82.2 Å². The molecule has 0 amide bonds. The van der Waals surface area contributed by atoms with Crippen LogP contribution in [0.1, 0.15) is 6.42 Å². The van der Waals surface area contributed by atoms with Gasteiger partial charge in [0.1, 0.15) is 0 Å². The molecule has 76 valence electrons. The first-order valence-electron chi connectivity index (χ1n) is 4.18. The fourth-order valence-corrected chi connectivity index (χ4v) is 1.37. The molecule has 0 fully saturated rings. The van der Waals surface area contributed by atoms with Crippen molar-refractivity contribution in [3.05, 3.63) is 24.3 Å². The number of hydrogen-bond acceptors (Lipinski definition) is 4. The zero-order valence-corrected chi connectivity index (χ0v) is 8.15. The number of hydrogen-bond donors (Lipinski definition) is 0. The average Bonchev–Trinajstić information content (AvgIpc) is 2.27. The van der Waals surface area contributed by atoms with Crippen LogP contribution in [0.3, 0.4) is 0 Å². The summed E-state index contributed by atoms with van der Waals surface area (Å²) in [7, 11) is 2.50. The summed E-state index contributed by atoms with van der Waals surface area (Å²) in [4.78, 5) is 23.0. The fourth-order valence-electron chi connectivity index (χ4n) is 1.37. The van der Waals surface area contributed by atoms with Gasteiger partial charge in [0, 0.05) is 0 Å². The number of carbonyl (C=O) groups is 2. The van der Waals surface area contributed by atoms with E-state index in [2.05, 4.69) is 9.47 Å². The predicted molar refractivity (Wildman–Crippen MR) is 49.4 cm³/mol. The summed E-state index contributed by atoms with van der Waals surface area (Å²) in [5.74, 6) is -1.19. The predicted octanol–water partition coefficient (Wildman–Crippen LogP) is 0.835. The summed E-state index contributed by atoms with van der Waals surface area (Å²) in [5, 5.41) is 0. The first kappa shape index (κ1) is 10.5. The summed E-state index contributed by atoms with van der Waals surface area (Å²) in [6.45, 7) is 0. The van der Waals surface area contributed by atoms with Crippen LogP contribution in [0.15, 0.2) is 24.3 Å². The maximum atomic E-state index is 11.5. The SMILES string of the molecule is COC(=O)C1(C(=O)OC)C=CC=CC1. The molecule has 1 rings (SSSR count). The lowest BCUT2D eigenvalue weighted by Gasteiger charge is -2.24. The van der Waals surface area contributed by atoms with Crippen molar-refractivity contribution in [1.82, 2.24) is 0 Å². The van der Waals surface area contributed by atoms with Crippen molar-refractivity contribution in [3.8, 4) is 0 Å². The van der Waals surface area contributed by atoms with E-state index >= 15 is 0 Å². The van der Waals surface area contributed by atoms with Crippen molar-refractivity contribution in [2.45, 2.75) is 6.42 Å². The standard InChI is InChI=1S/C10H12O4/c1-13-8(11)10(9(12)14-2)6-4-3-5-7-10/h3-6H,7H2,1-2H3. The summed E-state index contributed by atoms with van der Waals surface area (Å²) in [6.07, 6.45) is 6.92. The van der Waals surface area contributed by atoms with E-state index < -0.39 is 17.4 Å². The Kier molecular flexibility index (Phi) is 3.06. The van der Waals surface area contributed by atoms with Gasteiger partial charge in [0.25, 0.3) is 0 Å². The quantitative estimate of drug-likeness (QED) is 0.485. The van der Waals surface area contributed by atoms with Crippen LogP contribution in [0.5, 0.6) is 0 Å². The number of allylic oxidation sites excluding steroid dienone is 3. The average molecular weight is 196 g/mol. The molecule has 1 aliphatic rings. The van der Waals surface area contributed by atoms with E-state index in [0.717, 1.165) is 0 Å². The van der Waals surface area contributed by atoms with Crippen LogP contribution in [-0.4, -0.2) is 26.2 Å². The molecule has 0 unspecified atom stereocenters. The number of rotatable bonds is 2. The molecule has 4 heteroatoms. The zero-order valence-electron chi connectivity index (χ0n) is 8.15. The van der Waals surface area contributed by atoms with Crippen molar-refractivity contribution < 1.29 is 19.1 Å². The zero-order chi connectivity index (χ0) is 10.6. The Morgan fingerprint density at radius 3 is 2.07 bits per heavy atom. The molecular weight excluding hydrogens is 184 g/mol. The molecule has 0 heterocycles.